The van der Waals surface area contributed by atoms with E-state index in [0.29, 0.717) is 11.8 Å². The average molecular weight is 615 g/mol. The van der Waals surface area contributed by atoms with E-state index in [4.69, 9.17) is 20.9 Å². The van der Waals surface area contributed by atoms with Crippen LogP contribution in [0.2, 0.25) is 0 Å². The molecule has 240 valence electrons. The predicted molar refractivity (Wildman–Crippen MR) is 190 cm³/mol. The van der Waals surface area contributed by atoms with Crippen LogP contribution in [0.5, 0.6) is 23.0 Å². The summed E-state index contributed by atoms with van der Waals surface area (Å²) in [4.78, 5) is 0. The van der Waals surface area contributed by atoms with Gasteiger partial charge in [0, 0.05) is 28.9 Å². The van der Waals surface area contributed by atoms with Crippen LogP contribution >= 0.6 is 0 Å². The maximum atomic E-state index is 6.60. The Bertz CT molecular complexity index is 1510. The Morgan fingerprint density at radius 3 is 1.35 bits per heavy atom. The van der Waals surface area contributed by atoms with E-state index < -0.39 is 0 Å². The molecule has 4 aromatic rings. The van der Waals surface area contributed by atoms with Gasteiger partial charge in [-0.25, -0.2) is 0 Å². The van der Waals surface area contributed by atoms with Gasteiger partial charge in [0.05, 0.1) is 0 Å². The Labute approximate surface area is 275 Å². The molecule has 0 saturated heterocycles. The monoisotopic (exact) mass is 614 g/mol. The zero-order valence-electron chi connectivity index (χ0n) is 27.3. The van der Waals surface area contributed by atoms with Gasteiger partial charge >= 0.3 is 0 Å². The summed E-state index contributed by atoms with van der Waals surface area (Å²) in [7, 11) is 0. The van der Waals surface area contributed by atoms with E-state index in [2.05, 4.69) is 36.4 Å². The van der Waals surface area contributed by atoms with Crippen molar-refractivity contribution in [2.75, 3.05) is 11.5 Å². The molecular weight excluding hydrogens is 564 g/mol. The first-order chi connectivity index (χ1) is 22.6. The van der Waals surface area contributed by atoms with Crippen LogP contribution in [0.15, 0.2) is 84.9 Å². The summed E-state index contributed by atoms with van der Waals surface area (Å²) in [5.74, 6) is 4.65. The second-order valence-electron chi connectivity index (χ2n) is 14.2. The summed E-state index contributed by atoms with van der Waals surface area (Å²) in [5, 5.41) is 0. The van der Waals surface area contributed by atoms with E-state index in [-0.39, 0.29) is 5.41 Å². The Kier molecular flexibility index (Phi) is 9.23. The maximum absolute atomic E-state index is 6.60. The third-order valence-corrected chi connectivity index (χ3v) is 11.1. The number of anilines is 2. The molecule has 0 radical (unpaired) electrons. The third kappa shape index (κ3) is 6.63. The zero-order valence-corrected chi connectivity index (χ0v) is 27.3. The number of ether oxygens (including phenoxy) is 2. The Morgan fingerprint density at radius 2 is 0.913 bits per heavy atom. The van der Waals surface area contributed by atoms with Crippen molar-refractivity contribution in [1.82, 2.24) is 0 Å². The zero-order chi connectivity index (χ0) is 31.3. The molecule has 4 aromatic carbocycles. The van der Waals surface area contributed by atoms with Crippen LogP contribution in [0.3, 0.4) is 0 Å². The number of benzene rings is 4. The van der Waals surface area contributed by atoms with Gasteiger partial charge in [0.15, 0.2) is 0 Å². The molecule has 46 heavy (non-hydrogen) atoms. The highest BCUT2D eigenvalue weighted by Crippen LogP contribution is 2.50. The Morgan fingerprint density at radius 1 is 0.478 bits per heavy atom. The highest BCUT2D eigenvalue weighted by atomic mass is 16.5. The molecule has 0 aliphatic heterocycles. The second kappa shape index (κ2) is 13.8. The molecule has 0 unspecified atom stereocenters. The van der Waals surface area contributed by atoms with Crippen LogP contribution in [0.4, 0.5) is 11.4 Å². The van der Waals surface area contributed by atoms with Gasteiger partial charge in [-0.05, 0) is 109 Å². The van der Waals surface area contributed by atoms with Gasteiger partial charge in [-0.1, -0.05) is 94.2 Å². The first kappa shape index (κ1) is 30.7. The topological polar surface area (TPSA) is 70.5 Å². The minimum atomic E-state index is -0.0174. The summed E-state index contributed by atoms with van der Waals surface area (Å²) in [6.07, 6.45) is 18.9. The first-order valence-electron chi connectivity index (χ1n) is 17.9. The van der Waals surface area contributed by atoms with Crippen molar-refractivity contribution in [3.05, 3.63) is 107 Å². The lowest BCUT2D eigenvalue weighted by atomic mass is 9.64. The number of nitrogens with two attached hydrogens (primary N) is 2. The molecule has 7 rings (SSSR count). The molecule has 0 heterocycles. The van der Waals surface area contributed by atoms with Crippen LogP contribution < -0.4 is 20.9 Å². The van der Waals surface area contributed by atoms with Crippen molar-refractivity contribution in [2.45, 2.75) is 114 Å². The summed E-state index contributed by atoms with van der Waals surface area (Å²) >= 11 is 0. The van der Waals surface area contributed by atoms with Crippen LogP contribution in [0.25, 0.3) is 0 Å². The lowest BCUT2D eigenvalue weighted by molar-refractivity contribution is 0.343. The van der Waals surface area contributed by atoms with Gasteiger partial charge < -0.3 is 20.9 Å². The van der Waals surface area contributed by atoms with Crippen molar-refractivity contribution in [2.24, 2.45) is 0 Å². The highest BCUT2D eigenvalue weighted by Gasteiger charge is 2.38. The molecular formula is C42H50N2O2. The normalized spacial score (nSPS) is 19.0. The summed E-state index contributed by atoms with van der Waals surface area (Å²) in [5.41, 5.74) is 19.3. The molecule has 0 atom stereocenters. The summed E-state index contributed by atoms with van der Waals surface area (Å²) < 4.78 is 13.2. The van der Waals surface area contributed by atoms with E-state index in [1.54, 1.807) is 0 Å². The standard InChI is InChI=1S/C42H50N2O2/c43-34-16-10-18-36(28-34)45-40-22-20-32(26-38(40)30-12-4-1-5-13-30)42(24-8-3-9-25-42)33-21-23-41(46-37-19-11-17-35(44)29-37)39(27-33)31-14-6-2-7-15-31/h10-11,16-23,26-31H,1-9,12-15,24-25,43-44H2. The molecule has 4 nitrogen and oxygen atoms in total. The molecule has 0 spiro atoms. The van der Waals surface area contributed by atoms with Crippen molar-refractivity contribution in [3.63, 3.8) is 0 Å². The maximum Gasteiger partial charge on any atom is 0.130 e. The van der Waals surface area contributed by atoms with Crippen molar-refractivity contribution < 1.29 is 9.47 Å². The van der Waals surface area contributed by atoms with Crippen molar-refractivity contribution in [3.8, 4) is 23.0 Å². The fraction of sp³-hybridized carbons (Fsp3) is 0.429. The number of hydrogen-bond acceptors (Lipinski definition) is 4. The van der Waals surface area contributed by atoms with E-state index in [1.807, 2.05) is 48.5 Å². The Hall–Kier alpha value is -3.92. The molecule has 3 fully saturated rings. The SMILES string of the molecule is Nc1cccc(Oc2ccc(C3(c4ccc(Oc5cccc(N)c5)c(C5CCCCC5)c4)CCCCC3)cc2C2CCCCC2)c1. The summed E-state index contributed by atoms with van der Waals surface area (Å²) in [6.45, 7) is 0. The largest absolute Gasteiger partial charge is 0.457 e. The first-order valence-corrected chi connectivity index (χ1v) is 17.9. The van der Waals surface area contributed by atoms with Crippen LogP contribution in [0, 0.1) is 0 Å². The van der Waals surface area contributed by atoms with Crippen LogP contribution in [-0.4, -0.2) is 0 Å². The molecule has 3 saturated carbocycles. The second-order valence-corrected chi connectivity index (χ2v) is 14.2. The highest BCUT2D eigenvalue weighted by molar-refractivity contribution is 5.53. The molecule has 0 aromatic heterocycles. The molecule has 4 heteroatoms. The van der Waals surface area contributed by atoms with E-state index in [9.17, 15) is 0 Å². The number of hydrogen-bond donors (Lipinski definition) is 2. The van der Waals surface area contributed by atoms with Crippen LogP contribution in [-0.2, 0) is 5.41 Å². The van der Waals surface area contributed by atoms with Gasteiger partial charge in [-0.3, -0.25) is 0 Å². The minimum Gasteiger partial charge on any atom is -0.457 e. The smallest absolute Gasteiger partial charge is 0.130 e. The molecule has 0 amide bonds. The van der Waals surface area contributed by atoms with E-state index >= 15 is 0 Å². The number of rotatable bonds is 8. The molecule has 3 aliphatic carbocycles. The average Bonchev–Trinajstić information content (AvgIpc) is 3.10. The third-order valence-electron chi connectivity index (χ3n) is 11.1. The van der Waals surface area contributed by atoms with E-state index in [1.165, 1.54) is 119 Å². The lowest BCUT2D eigenvalue weighted by Gasteiger charge is -2.40. The van der Waals surface area contributed by atoms with Crippen molar-refractivity contribution in [1.29, 1.82) is 0 Å². The molecule has 0 bridgehead atoms. The quantitative estimate of drug-likeness (QED) is 0.194. The van der Waals surface area contributed by atoms with Crippen molar-refractivity contribution >= 4 is 11.4 Å². The minimum absolute atomic E-state index is 0.0174. The summed E-state index contributed by atoms with van der Waals surface area (Å²) in [6, 6.07) is 30.0. The Balaban J connectivity index is 1.31. The van der Waals surface area contributed by atoms with Gasteiger partial charge in [-0.2, -0.15) is 0 Å². The van der Waals surface area contributed by atoms with Gasteiger partial charge in [0.1, 0.15) is 23.0 Å². The van der Waals surface area contributed by atoms with E-state index in [0.717, 1.165) is 34.4 Å². The van der Waals surface area contributed by atoms with Gasteiger partial charge in [-0.15, -0.1) is 0 Å². The van der Waals surface area contributed by atoms with Crippen LogP contribution in [0.1, 0.15) is 130 Å². The molecule has 3 aliphatic rings. The van der Waals surface area contributed by atoms with Gasteiger partial charge in [0.2, 0.25) is 0 Å². The van der Waals surface area contributed by atoms with Gasteiger partial charge in [0.25, 0.3) is 0 Å². The molecule has 4 N–H and O–H groups in total. The fourth-order valence-corrected chi connectivity index (χ4v) is 8.65. The number of nitrogen functional groups attached to an aromatic ring is 2. The lowest BCUT2D eigenvalue weighted by Crippen LogP contribution is -2.31. The fourth-order valence-electron chi connectivity index (χ4n) is 8.65. The predicted octanol–water partition coefficient (Wildman–Crippen LogP) is 11.8.